The number of aryl methyl sites for hydroxylation is 1. The first-order valence-corrected chi connectivity index (χ1v) is 10.5. The number of amides is 1. The molecule has 1 amide bonds. The van der Waals surface area contributed by atoms with E-state index >= 15 is 0 Å². The first kappa shape index (κ1) is 20.3. The van der Waals surface area contributed by atoms with Gasteiger partial charge in [-0.05, 0) is 55.3 Å². The summed E-state index contributed by atoms with van der Waals surface area (Å²) in [6.45, 7) is 3.15. The largest absolute Gasteiger partial charge is 0.496 e. The maximum absolute atomic E-state index is 13.1. The van der Waals surface area contributed by atoms with E-state index in [-0.39, 0.29) is 23.9 Å². The lowest BCUT2D eigenvalue weighted by atomic mass is 10.1. The van der Waals surface area contributed by atoms with E-state index in [0.717, 1.165) is 17.7 Å². The van der Waals surface area contributed by atoms with Crippen molar-refractivity contribution >= 4 is 15.9 Å². The van der Waals surface area contributed by atoms with E-state index in [4.69, 9.17) is 4.74 Å². The molecule has 150 valence electrons. The van der Waals surface area contributed by atoms with Crippen molar-refractivity contribution in [3.8, 4) is 5.75 Å². The zero-order valence-electron chi connectivity index (χ0n) is 15.9. The van der Waals surface area contributed by atoms with Gasteiger partial charge in [0, 0.05) is 31.7 Å². The summed E-state index contributed by atoms with van der Waals surface area (Å²) in [5.41, 5.74) is 1.45. The summed E-state index contributed by atoms with van der Waals surface area (Å²) in [5.74, 6) is 0.000584. The number of halogens is 1. The van der Waals surface area contributed by atoms with Gasteiger partial charge in [-0.25, -0.2) is 12.8 Å². The van der Waals surface area contributed by atoms with Crippen molar-refractivity contribution in [1.29, 1.82) is 0 Å². The molecule has 0 aliphatic carbocycles. The summed E-state index contributed by atoms with van der Waals surface area (Å²) in [6.07, 6.45) is 0.523. The number of methoxy groups -OCH3 is 1. The number of hydrogen-bond donors (Lipinski definition) is 0. The number of ether oxygens (including phenoxy) is 1. The maximum Gasteiger partial charge on any atom is 0.254 e. The molecular formula is C20H23FN2O4S. The van der Waals surface area contributed by atoms with Gasteiger partial charge in [-0.2, -0.15) is 4.31 Å². The number of nitrogens with zero attached hydrogens (tertiary/aromatic N) is 2. The summed E-state index contributed by atoms with van der Waals surface area (Å²) in [6, 6.07) is 10.1. The van der Waals surface area contributed by atoms with Crippen LogP contribution in [0.15, 0.2) is 47.4 Å². The third-order valence-electron chi connectivity index (χ3n) is 4.85. The van der Waals surface area contributed by atoms with Crippen molar-refractivity contribution in [3.63, 3.8) is 0 Å². The van der Waals surface area contributed by atoms with E-state index in [2.05, 4.69) is 0 Å². The molecule has 1 fully saturated rings. The highest BCUT2D eigenvalue weighted by molar-refractivity contribution is 7.89. The Balaban J connectivity index is 1.74. The van der Waals surface area contributed by atoms with Crippen molar-refractivity contribution in [2.75, 3.05) is 33.3 Å². The number of benzene rings is 2. The molecule has 0 N–H and O–H groups in total. The monoisotopic (exact) mass is 406 g/mol. The van der Waals surface area contributed by atoms with E-state index in [9.17, 15) is 17.6 Å². The van der Waals surface area contributed by atoms with Gasteiger partial charge >= 0.3 is 0 Å². The van der Waals surface area contributed by atoms with Gasteiger partial charge in [-0.15, -0.1) is 0 Å². The summed E-state index contributed by atoms with van der Waals surface area (Å²) < 4.78 is 45.3. The van der Waals surface area contributed by atoms with Crippen LogP contribution in [0, 0.1) is 12.7 Å². The van der Waals surface area contributed by atoms with Gasteiger partial charge in [0.1, 0.15) is 11.6 Å². The van der Waals surface area contributed by atoms with Crippen LogP contribution in [0.3, 0.4) is 0 Å². The Morgan fingerprint density at radius 2 is 1.75 bits per heavy atom. The summed E-state index contributed by atoms with van der Waals surface area (Å²) >= 11 is 0. The van der Waals surface area contributed by atoms with Crippen molar-refractivity contribution in [3.05, 3.63) is 59.4 Å². The molecule has 3 rings (SSSR count). The average molecular weight is 406 g/mol. The SMILES string of the molecule is COc1cc(C(=O)N2CCCN(S(=O)(=O)c3ccc(F)cc3)CC2)ccc1C. The first-order valence-electron chi connectivity index (χ1n) is 9.02. The van der Waals surface area contributed by atoms with Gasteiger partial charge in [0.05, 0.1) is 12.0 Å². The lowest BCUT2D eigenvalue weighted by Gasteiger charge is -2.22. The lowest BCUT2D eigenvalue weighted by Crippen LogP contribution is -2.37. The molecule has 0 spiro atoms. The standard InChI is InChI=1S/C20H23FN2O4S/c1-15-4-5-16(14-19(15)27-2)20(24)22-10-3-11-23(13-12-22)28(25,26)18-8-6-17(21)7-9-18/h4-9,14H,3,10-13H2,1-2H3. The molecule has 1 heterocycles. The van der Waals surface area contributed by atoms with Crippen molar-refractivity contribution in [1.82, 2.24) is 9.21 Å². The Labute approximate surface area is 164 Å². The van der Waals surface area contributed by atoms with Crippen LogP contribution < -0.4 is 4.74 Å². The second kappa shape index (κ2) is 8.28. The number of carbonyl (C=O) groups is 1. The Morgan fingerprint density at radius 1 is 1.04 bits per heavy atom. The molecule has 0 aromatic heterocycles. The van der Waals surface area contributed by atoms with E-state index < -0.39 is 15.8 Å². The number of carbonyl (C=O) groups excluding carboxylic acids is 1. The fourth-order valence-electron chi connectivity index (χ4n) is 3.23. The Hall–Kier alpha value is -2.45. The summed E-state index contributed by atoms with van der Waals surface area (Å²) in [4.78, 5) is 14.6. The van der Waals surface area contributed by atoms with Gasteiger partial charge in [0.15, 0.2) is 0 Å². The number of hydrogen-bond acceptors (Lipinski definition) is 4. The van der Waals surface area contributed by atoms with Crippen molar-refractivity contribution in [2.24, 2.45) is 0 Å². The minimum Gasteiger partial charge on any atom is -0.496 e. The molecule has 28 heavy (non-hydrogen) atoms. The number of rotatable bonds is 4. The van der Waals surface area contributed by atoms with Gasteiger partial charge in [-0.1, -0.05) is 6.07 Å². The second-order valence-corrected chi connectivity index (χ2v) is 8.63. The van der Waals surface area contributed by atoms with Crippen LogP contribution in [0.1, 0.15) is 22.3 Å². The normalized spacial score (nSPS) is 15.9. The third-order valence-corrected chi connectivity index (χ3v) is 6.76. The zero-order valence-corrected chi connectivity index (χ0v) is 16.7. The van der Waals surface area contributed by atoms with Gasteiger partial charge < -0.3 is 9.64 Å². The zero-order chi connectivity index (χ0) is 20.3. The highest BCUT2D eigenvalue weighted by Gasteiger charge is 2.28. The molecule has 1 aliphatic rings. The molecule has 2 aromatic rings. The van der Waals surface area contributed by atoms with E-state index in [0.29, 0.717) is 30.8 Å². The second-order valence-electron chi connectivity index (χ2n) is 6.69. The quantitative estimate of drug-likeness (QED) is 0.783. The Kier molecular flexibility index (Phi) is 6.00. The molecule has 1 saturated heterocycles. The number of sulfonamides is 1. The molecule has 0 saturated carbocycles. The Morgan fingerprint density at radius 3 is 2.43 bits per heavy atom. The van der Waals surface area contributed by atoms with Gasteiger partial charge in [-0.3, -0.25) is 4.79 Å². The average Bonchev–Trinajstić information content (AvgIpc) is 2.95. The molecular weight excluding hydrogens is 383 g/mol. The van der Waals surface area contributed by atoms with Gasteiger partial charge in [0.2, 0.25) is 10.0 Å². The highest BCUT2D eigenvalue weighted by atomic mass is 32.2. The van der Waals surface area contributed by atoms with Gasteiger partial charge in [0.25, 0.3) is 5.91 Å². The predicted octanol–water partition coefficient (Wildman–Crippen LogP) is 2.68. The topological polar surface area (TPSA) is 66.9 Å². The molecule has 0 bridgehead atoms. The van der Waals surface area contributed by atoms with E-state index in [1.807, 2.05) is 13.0 Å². The Bertz CT molecular complexity index is 961. The predicted molar refractivity (Wildman–Crippen MR) is 103 cm³/mol. The van der Waals surface area contributed by atoms with Crippen LogP contribution in [0.5, 0.6) is 5.75 Å². The van der Waals surface area contributed by atoms with Crippen molar-refractivity contribution in [2.45, 2.75) is 18.2 Å². The third kappa shape index (κ3) is 4.18. The fraction of sp³-hybridized carbons (Fsp3) is 0.350. The molecule has 0 radical (unpaired) electrons. The molecule has 1 aliphatic heterocycles. The molecule has 0 unspecified atom stereocenters. The first-order chi connectivity index (χ1) is 13.3. The minimum atomic E-state index is -3.72. The van der Waals surface area contributed by atoms with Crippen molar-refractivity contribution < 1.29 is 22.3 Å². The molecule has 2 aromatic carbocycles. The molecule has 0 atom stereocenters. The lowest BCUT2D eigenvalue weighted by molar-refractivity contribution is 0.0764. The summed E-state index contributed by atoms with van der Waals surface area (Å²) in [5, 5.41) is 0. The van der Waals surface area contributed by atoms with Crippen LogP contribution in [0.2, 0.25) is 0 Å². The van der Waals surface area contributed by atoms with Crippen LogP contribution in [0.4, 0.5) is 4.39 Å². The van der Waals surface area contributed by atoms with E-state index in [1.54, 1.807) is 24.1 Å². The fourth-order valence-corrected chi connectivity index (χ4v) is 4.70. The highest BCUT2D eigenvalue weighted by Crippen LogP contribution is 2.22. The molecule has 8 heteroatoms. The van der Waals surface area contributed by atoms with Crippen LogP contribution in [-0.4, -0.2) is 56.8 Å². The minimum absolute atomic E-state index is 0.0527. The van der Waals surface area contributed by atoms with Crippen LogP contribution in [0.25, 0.3) is 0 Å². The van der Waals surface area contributed by atoms with Crippen LogP contribution >= 0.6 is 0 Å². The van der Waals surface area contributed by atoms with Crippen LogP contribution in [-0.2, 0) is 10.0 Å². The smallest absolute Gasteiger partial charge is 0.254 e. The molecule has 6 nitrogen and oxygen atoms in total. The maximum atomic E-state index is 13.1. The summed E-state index contributed by atoms with van der Waals surface area (Å²) in [7, 11) is -2.17. The van der Waals surface area contributed by atoms with E-state index in [1.165, 1.54) is 16.4 Å².